The van der Waals surface area contributed by atoms with Crippen molar-refractivity contribution in [3.63, 3.8) is 0 Å². The van der Waals surface area contributed by atoms with Crippen LogP contribution in [0.5, 0.6) is 0 Å². The molecule has 8 atom stereocenters. The molecule has 1 N–H and O–H groups in total. The lowest BCUT2D eigenvalue weighted by atomic mass is 9.85. The molecule has 6 heteroatoms. The van der Waals surface area contributed by atoms with E-state index in [-0.39, 0.29) is 59.3 Å². The van der Waals surface area contributed by atoms with Crippen molar-refractivity contribution in [1.29, 1.82) is 0 Å². The molecule has 24 heavy (non-hydrogen) atoms. The summed E-state index contributed by atoms with van der Waals surface area (Å²) in [4.78, 5) is 44.9. The van der Waals surface area contributed by atoms with Crippen LogP contribution in [0.3, 0.4) is 0 Å². The SMILES string of the molecule is O=C1NC(=O)[C@H]2[C@@H]1[C@H]1C=C[C@H]2C1.O=C1OC(=O)[C@H]2[C@@H]1[C@H]1C=C[C@H]2C1. The lowest BCUT2D eigenvalue weighted by Gasteiger charge is -2.14. The third-order valence-corrected chi connectivity index (χ3v) is 6.52. The molecule has 0 unspecified atom stereocenters. The lowest BCUT2D eigenvalue weighted by molar-refractivity contribution is -0.154. The van der Waals surface area contributed by atoms with Crippen LogP contribution in [-0.2, 0) is 23.9 Å². The van der Waals surface area contributed by atoms with Crippen molar-refractivity contribution < 1.29 is 23.9 Å². The molecule has 2 amide bonds. The van der Waals surface area contributed by atoms with E-state index in [1.54, 1.807) is 0 Å². The minimum absolute atomic E-state index is 0.0347. The first-order chi connectivity index (χ1) is 11.5. The Bertz CT molecular complexity index is 620. The third-order valence-electron chi connectivity index (χ3n) is 6.52. The summed E-state index contributed by atoms with van der Waals surface area (Å²) < 4.78 is 4.59. The van der Waals surface area contributed by atoms with Gasteiger partial charge in [0.05, 0.1) is 23.7 Å². The molecule has 0 aromatic rings. The molecule has 0 aromatic heterocycles. The van der Waals surface area contributed by atoms with Crippen molar-refractivity contribution in [3.05, 3.63) is 24.3 Å². The van der Waals surface area contributed by atoms with Gasteiger partial charge in [-0.3, -0.25) is 24.5 Å². The predicted octanol–water partition coefficient (Wildman–Crippen LogP) is 0.589. The van der Waals surface area contributed by atoms with Gasteiger partial charge in [-0.2, -0.15) is 0 Å². The number of allylic oxidation sites excluding steroid dienone is 4. The zero-order valence-electron chi connectivity index (χ0n) is 12.9. The number of ether oxygens (including phenoxy) is 1. The minimum atomic E-state index is -0.304. The Morgan fingerprint density at radius 2 is 1.04 bits per heavy atom. The van der Waals surface area contributed by atoms with Crippen LogP contribution in [0.1, 0.15) is 12.8 Å². The van der Waals surface area contributed by atoms with Gasteiger partial charge in [0.2, 0.25) is 11.8 Å². The van der Waals surface area contributed by atoms with Crippen molar-refractivity contribution in [2.24, 2.45) is 47.3 Å². The number of carbonyl (C=O) groups excluding carboxylic acids is 4. The number of nitrogens with one attached hydrogen (secondary N) is 1. The molecule has 2 saturated heterocycles. The molecular formula is C18H17NO5. The van der Waals surface area contributed by atoms with Crippen LogP contribution >= 0.6 is 0 Å². The van der Waals surface area contributed by atoms with Gasteiger partial charge in [-0.1, -0.05) is 24.3 Å². The molecule has 0 spiro atoms. The van der Waals surface area contributed by atoms with Crippen molar-refractivity contribution in [1.82, 2.24) is 5.32 Å². The third kappa shape index (κ3) is 1.71. The van der Waals surface area contributed by atoms with Gasteiger partial charge < -0.3 is 4.74 Å². The Hall–Kier alpha value is -2.24. The van der Waals surface area contributed by atoms with Crippen molar-refractivity contribution in [2.45, 2.75) is 12.8 Å². The quantitative estimate of drug-likeness (QED) is 0.304. The number of fused-ring (bicyclic) bond motifs is 10. The first kappa shape index (κ1) is 14.1. The molecule has 0 radical (unpaired) electrons. The van der Waals surface area contributed by atoms with E-state index in [4.69, 9.17) is 0 Å². The molecule has 6 rings (SSSR count). The van der Waals surface area contributed by atoms with Gasteiger partial charge in [-0.05, 0) is 36.5 Å². The lowest BCUT2D eigenvalue weighted by Crippen LogP contribution is -2.25. The van der Waals surface area contributed by atoms with E-state index in [0.717, 1.165) is 12.8 Å². The number of cyclic esters (lactones) is 2. The fourth-order valence-electron chi connectivity index (χ4n) is 5.53. The predicted molar refractivity (Wildman–Crippen MR) is 79.7 cm³/mol. The molecular weight excluding hydrogens is 310 g/mol. The molecule has 2 saturated carbocycles. The number of imide groups is 1. The van der Waals surface area contributed by atoms with Gasteiger partial charge in [0.25, 0.3) is 0 Å². The summed E-state index contributed by atoms with van der Waals surface area (Å²) in [6.45, 7) is 0. The Morgan fingerprint density at radius 3 is 1.46 bits per heavy atom. The first-order valence-electron chi connectivity index (χ1n) is 8.51. The van der Waals surface area contributed by atoms with Crippen LogP contribution in [0.2, 0.25) is 0 Å². The average molecular weight is 327 g/mol. The Kier molecular flexibility index (Phi) is 2.74. The Morgan fingerprint density at radius 1 is 0.667 bits per heavy atom. The van der Waals surface area contributed by atoms with E-state index in [1.807, 2.05) is 12.2 Å². The van der Waals surface area contributed by atoms with Gasteiger partial charge in [0, 0.05) is 0 Å². The van der Waals surface area contributed by atoms with Gasteiger partial charge in [0.15, 0.2) is 0 Å². The molecule has 4 aliphatic carbocycles. The number of carbonyl (C=O) groups is 4. The summed E-state index contributed by atoms with van der Waals surface area (Å²) >= 11 is 0. The Balaban J connectivity index is 0.000000109. The summed E-state index contributed by atoms with van der Waals surface area (Å²) in [5.41, 5.74) is 0. The van der Waals surface area contributed by atoms with Gasteiger partial charge in [-0.25, -0.2) is 0 Å². The first-order valence-corrected chi connectivity index (χ1v) is 8.51. The van der Waals surface area contributed by atoms with Crippen LogP contribution in [0, 0.1) is 47.3 Å². The molecule has 6 aliphatic rings. The number of amides is 2. The molecule has 2 aliphatic heterocycles. The maximum Gasteiger partial charge on any atom is 0.318 e. The van der Waals surface area contributed by atoms with E-state index >= 15 is 0 Å². The standard InChI is InChI=1S/C9H9NO2.C9H8O3/c11-8-6-4-1-2-5(3-4)7(6)9(12)10-8;10-8-6-4-1-2-5(3-4)7(6)9(11)12-8/h1-2,4-7H,3H2,(H,10,11,12);1-2,4-7H,3H2/t2*4-,5-,6-,7+/m00/s1. The summed E-state index contributed by atoms with van der Waals surface area (Å²) in [5.74, 6) is 0.156. The molecule has 6 nitrogen and oxygen atoms in total. The maximum absolute atomic E-state index is 11.3. The highest BCUT2D eigenvalue weighted by atomic mass is 16.6. The number of hydrogen-bond donors (Lipinski definition) is 1. The maximum atomic E-state index is 11.3. The van der Waals surface area contributed by atoms with E-state index < -0.39 is 0 Å². The molecule has 4 bridgehead atoms. The highest BCUT2D eigenvalue weighted by Crippen LogP contribution is 2.52. The van der Waals surface area contributed by atoms with Crippen LogP contribution in [-0.4, -0.2) is 23.8 Å². The van der Waals surface area contributed by atoms with E-state index in [1.165, 1.54) is 0 Å². The normalized spacial score (nSPS) is 48.3. The van der Waals surface area contributed by atoms with Crippen LogP contribution in [0.15, 0.2) is 24.3 Å². The van der Waals surface area contributed by atoms with Crippen molar-refractivity contribution in [3.8, 4) is 0 Å². The molecule has 124 valence electrons. The van der Waals surface area contributed by atoms with E-state index in [9.17, 15) is 19.2 Å². The molecule has 0 aromatic carbocycles. The fourth-order valence-corrected chi connectivity index (χ4v) is 5.53. The largest absolute Gasteiger partial charge is 0.393 e. The topological polar surface area (TPSA) is 89.5 Å². The highest BCUT2D eigenvalue weighted by molar-refractivity contribution is 6.06. The van der Waals surface area contributed by atoms with E-state index in [2.05, 4.69) is 22.2 Å². The van der Waals surface area contributed by atoms with Crippen molar-refractivity contribution >= 4 is 23.8 Å². The smallest absolute Gasteiger partial charge is 0.318 e. The second-order valence-corrected chi connectivity index (χ2v) is 7.59. The zero-order chi connectivity index (χ0) is 16.6. The minimum Gasteiger partial charge on any atom is -0.393 e. The summed E-state index contributed by atoms with van der Waals surface area (Å²) in [7, 11) is 0. The van der Waals surface area contributed by atoms with Crippen LogP contribution in [0.25, 0.3) is 0 Å². The molecule has 2 heterocycles. The zero-order valence-corrected chi connectivity index (χ0v) is 12.9. The van der Waals surface area contributed by atoms with E-state index in [0.29, 0.717) is 11.8 Å². The number of esters is 2. The average Bonchev–Trinajstić information content (AvgIpc) is 3.34. The number of hydrogen-bond acceptors (Lipinski definition) is 5. The summed E-state index contributed by atoms with van der Waals surface area (Å²) in [6, 6.07) is 0. The highest BCUT2D eigenvalue weighted by Gasteiger charge is 2.58. The van der Waals surface area contributed by atoms with Gasteiger partial charge in [-0.15, -0.1) is 0 Å². The second-order valence-electron chi connectivity index (χ2n) is 7.59. The molecule has 4 fully saturated rings. The Labute approximate surface area is 138 Å². The van der Waals surface area contributed by atoms with Crippen LogP contribution in [0.4, 0.5) is 0 Å². The number of rotatable bonds is 0. The van der Waals surface area contributed by atoms with Gasteiger partial charge >= 0.3 is 11.9 Å². The monoisotopic (exact) mass is 327 g/mol. The summed E-state index contributed by atoms with van der Waals surface area (Å²) in [6.07, 6.45) is 10.2. The summed E-state index contributed by atoms with van der Waals surface area (Å²) in [5, 5.41) is 2.40. The second kappa shape index (κ2) is 4.65. The van der Waals surface area contributed by atoms with Gasteiger partial charge in [0.1, 0.15) is 0 Å². The fraction of sp³-hybridized carbons (Fsp3) is 0.556. The van der Waals surface area contributed by atoms with Crippen molar-refractivity contribution in [2.75, 3.05) is 0 Å². The van der Waals surface area contributed by atoms with Crippen LogP contribution < -0.4 is 5.32 Å².